The van der Waals surface area contributed by atoms with Gasteiger partial charge in [0.1, 0.15) is 0 Å². The number of sulfonamides is 1. The lowest BCUT2D eigenvalue weighted by atomic mass is 9.93. The average molecular weight is 396 g/mol. The first-order valence-electron chi connectivity index (χ1n) is 9.14. The fourth-order valence-electron chi connectivity index (χ4n) is 3.49. The minimum atomic E-state index is -3.89. The van der Waals surface area contributed by atoms with E-state index in [1.165, 1.54) is 4.31 Å². The molecule has 1 aromatic heterocycles. The molecule has 0 radical (unpaired) electrons. The minimum absolute atomic E-state index is 0.0206. The van der Waals surface area contributed by atoms with E-state index in [2.05, 4.69) is 17.5 Å². The van der Waals surface area contributed by atoms with E-state index in [1.807, 2.05) is 0 Å². The molecule has 0 spiro atoms. The van der Waals surface area contributed by atoms with Crippen LogP contribution in [0.4, 0.5) is 0 Å². The Labute approximate surface area is 158 Å². The molecule has 1 unspecified atom stereocenters. The molecule has 1 fully saturated rings. The van der Waals surface area contributed by atoms with Crippen molar-refractivity contribution in [3.63, 3.8) is 0 Å². The second-order valence-corrected chi connectivity index (χ2v) is 8.87. The standard InChI is InChI=1S/C18H24N2O6S/c21-17(19-12-13-4-2-1-3-5-13)14-8-10-20(11-9-14)27(24,25)16-7-6-15(26-16)18(22)23/h1-2,6-7,13-14H,3-5,8-12H2,(H,19,21)(H,22,23). The molecule has 2 aliphatic rings. The van der Waals surface area contributed by atoms with Gasteiger partial charge in [-0.2, -0.15) is 4.31 Å². The first kappa shape index (κ1) is 19.6. The molecule has 0 aromatic carbocycles. The second kappa shape index (κ2) is 8.26. The molecular weight excluding hydrogens is 372 g/mol. The van der Waals surface area contributed by atoms with E-state index >= 15 is 0 Å². The number of carboxylic acids is 1. The first-order chi connectivity index (χ1) is 12.9. The van der Waals surface area contributed by atoms with Crippen LogP contribution in [0.15, 0.2) is 33.8 Å². The molecule has 8 nitrogen and oxygen atoms in total. The number of hydrogen-bond acceptors (Lipinski definition) is 5. The Kier molecular flexibility index (Phi) is 6.01. The minimum Gasteiger partial charge on any atom is -0.475 e. The monoisotopic (exact) mass is 396 g/mol. The number of nitrogens with one attached hydrogen (secondary N) is 1. The summed E-state index contributed by atoms with van der Waals surface area (Å²) in [5.74, 6) is -1.49. The highest BCUT2D eigenvalue weighted by molar-refractivity contribution is 7.89. The lowest BCUT2D eigenvalue weighted by Gasteiger charge is -2.30. The second-order valence-electron chi connectivity index (χ2n) is 7.00. The fraction of sp³-hybridized carbons (Fsp3) is 0.556. The number of carboxylic acid groups (broad SMARTS) is 1. The maximum Gasteiger partial charge on any atom is 0.371 e. The fourth-order valence-corrected chi connectivity index (χ4v) is 4.87. The summed E-state index contributed by atoms with van der Waals surface area (Å²) < 4.78 is 31.3. The lowest BCUT2D eigenvalue weighted by Crippen LogP contribution is -2.43. The maximum atomic E-state index is 12.6. The molecule has 1 amide bonds. The first-order valence-corrected chi connectivity index (χ1v) is 10.6. The zero-order valence-corrected chi connectivity index (χ0v) is 15.8. The van der Waals surface area contributed by atoms with Crippen molar-refractivity contribution in [1.82, 2.24) is 9.62 Å². The quantitative estimate of drug-likeness (QED) is 0.709. The van der Waals surface area contributed by atoms with Crippen LogP contribution in [-0.4, -0.2) is 49.3 Å². The van der Waals surface area contributed by atoms with Crippen molar-refractivity contribution in [2.45, 2.75) is 37.2 Å². The summed E-state index contributed by atoms with van der Waals surface area (Å²) >= 11 is 0. The molecule has 1 aliphatic carbocycles. The van der Waals surface area contributed by atoms with E-state index in [1.54, 1.807) is 0 Å². The average Bonchev–Trinajstić information content (AvgIpc) is 3.18. The van der Waals surface area contributed by atoms with Gasteiger partial charge < -0.3 is 14.8 Å². The van der Waals surface area contributed by atoms with Crippen LogP contribution in [0.5, 0.6) is 0 Å². The molecule has 3 rings (SSSR count). The molecule has 1 aromatic rings. The number of furan rings is 1. The smallest absolute Gasteiger partial charge is 0.371 e. The van der Waals surface area contributed by atoms with Gasteiger partial charge in [0.25, 0.3) is 10.0 Å². The van der Waals surface area contributed by atoms with Gasteiger partial charge in [-0.15, -0.1) is 0 Å². The zero-order valence-electron chi connectivity index (χ0n) is 15.0. The van der Waals surface area contributed by atoms with Gasteiger partial charge in [-0.1, -0.05) is 12.2 Å². The highest BCUT2D eigenvalue weighted by Gasteiger charge is 2.34. The van der Waals surface area contributed by atoms with Crippen LogP contribution in [0, 0.1) is 11.8 Å². The molecule has 148 valence electrons. The van der Waals surface area contributed by atoms with Gasteiger partial charge in [0.15, 0.2) is 0 Å². The van der Waals surface area contributed by atoms with Crippen LogP contribution in [-0.2, 0) is 14.8 Å². The maximum absolute atomic E-state index is 12.6. The van der Waals surface area contributed by atoms with E-state index in [0.717, 1.165) is 31.4 Å². The Morgan fingerprint density at radius 1 is 1.19 bits per heavy atom. The number of carbonyl (C=O) groups excluding carboxylic acids is 1. The third-order valence-corrected chi connectivity index (χ3v) is 6.93. The van der Waals surface area contributed by atoms with Crippen molar-refractivity contribution in [2.24, 2.45) is 11.8 Å². The van der Waals surface area contributed by atoms with Crippen molar-refractivity contribution >= 4 is 21.9 Å². The molecule has 27 heavy (non-hydrogen) atoms. The van der Waals surface area contributed by atoms with Crippen LogP contribution in [0.25, 0.3) is 0 Å². The van der Waals surface area contributed by atoms with E-state index in [4.69, 9.17) is 9.52 Å². The number of nitrogens with zero attached hydrogens (tertiary/aromatic N) is 1. The third-order valence-electron chi connectivity index (χ3n) is 5.15. The lowest BCUT2D eigenvalue weighted by molar-refractivity contribution is -0.126. The van der Waals surface area contributed by atoms with Gasteiger partial charge in [-0.25, -0.2) is 13.2 Å². The molecule has 1 aliphatic heterocycles. The highest BCUT2D eigenvalue weighted by Crippen LogP contribution is 2.25. The van der Waals surface area contributed by atoms with Crippen LogP contribution in [0.1, 0.15) is 42.7 Å². The summed E-state index contributed by atoms with van der Waals surface area (Å²) in [7, 11) is -3.89. The Morgan fingerprint density at radius 2 is 1.93 bits per heavy atom. The number of rotatable bonds is 6. The van der Waals surface area contributed by atoms with E-state index in [9.17, 15) is 18.0 Å². The van der Waals surface area contributed by atoms with Gasteiger partial charge in [0.2, 0.25) is 16.8 Å². The molecule has 0 bridgehead atoms. The third kappa shape index (κ3) is 4.59. The van der Waals surface area contributed by atoms with E-state index < -0.39 is 21.8 Å². The predicted octanol–water partition coefficient (Wildman–Crippen LogP) is 1.85. The van der Waals surface area contributed by atoms with E-state index in [0.29, 0.717) is 25.3 Å². The summed E-state index contributed by atoms with van der Waals surface area (Å²) in [6, 6.07) is 2.27. The Morgan fingerprint density at radius 3 is 2.52 bits per heavy atom. The number of carbonyl (C=O) groups is 2. The Hall–Kier alpha value is -2.13. The summed E-state index contributed by atoms with van der Waals surface area (Å²) in [6.45, 7) is 1.07. The summed E-state index contributed by atoms with van der Waals surface area (Å²) in [6.07, 6.45) is 8.28. The largest absolute Gasteiger partial charge is 0.475 e. The number of aromatic carboxylic acids is 1. The van der Waals surface area contributed by atoms with Gasteiger partial charge in [-0.3, -0.25) is 4.79 Å². The SMILES string of the molecule is O=C(O)c1ccc(S(=O)(=O)N2CCC(C(=O)NCC3CC=CCC3)CC2)o1. The normalized spacial score (nSPS) is 21.9. The molecule has 1 saturated heterocycles. The molecule has 0 saturated carbocycles. The van der Waals surface area contributed by atoms with Gasteiger partial charge in [0, 0.05) is 25.6 Å². The van der Waals surface area contributed by atoms with Crippen LogP contribution in [0.2, 0.25) is 0 Å². The van der Waals surface area contributed by atoms with Gasteiger partial charge >= 0.3 is 5.97 Å². The predicted molar refractivity (Wildman–Crippen MR) is 96.6 cm³/mol. The van der Waals surface area contributed by atoms with Crippen LogP contribution in [0.3, 0.4) is 0 Å². The zero-order chi connectivity index (χ0) is 19.4. The number of piperidine rings is 1. The molecule has 1 atom stereocenters. The molecule has 9 heteroatoms. The molecule has 2 heterocycles. The Balaban J connectivity index is 1.52. The summed E-state index contributed by atoms with van der Waals surface area (Å²) in [4.78, 5) is 23.2. The van der Waals surface area contributed by atoms with Crippen molar-refractivity contribution in [2.75, 3.05) is 19.6 Å². The number of allylic oxidation sites excluding steroid dienone is 2. The molecule has 2 N–H and O–H groups in total. The van der Waals surface area contributed by atoms with Gasteiger partial charge in [-0.05, 0) is 50.2 Å². The molecular formula is C18H24N2O6S. The topological polar surface area (TPSA) is 117 Å². The summed E-state index contributed by atoms with van der Waals surface area (Å²) in [5, 5.41) is 11.5. The van der Waals surface area contributed by atoms with Gasteiger partial charge in [0.05, 0.1) is 0 Å². The van der Waals surface area contributed by atoms with Crippen LogP contribution >= 0.6 is 0 Å². The number of hydrogen-bond donors (Lipinski definition) is 2. The highest BCUT2D eigenvalue weighted by atomic mass is 32.2. The van der Waals surface area contributed by atoms with Crippen molar-refractivity contribution in [3.8, 4) is 0 Å². The number of amides is 1. The van der Waals surface area contributed by atoms with Crippen molar-refractivity contribution in [3.05, 3.63) is 30.0 Å². The summed E-state index contributed by atoms with van der Waals surface area (Å²) in [5.41, 5.74) is 0. The Bertz CT molecular complexity index is 821. The van der Waals surface area contributed by atoms with E-state index in [-0.39, 0.29) is 30.0 Å². The van der Waals surface area contributed by atoms with Crippen molar-refractivity contribution < 1.29 is 27.5 Å². The van der Waals surface area contributed by atoms with Crippen LogP contribution < -0.4 is 5.32 Å². The van der Waals surface area contributed by atoms with Crippen molar-refractivity contribution in [1.29, 1.82) is 0 Å².